The zero-order valence-electron chi connectivity index (χ0n) is 41.9. The van der Waals surface area contributed by atoms with Crippen LogP contribution in [0.1, 0.15) is 181 Å². The summed E-state index contributed by atoms with van der Waals surface area (Å²) in [5.74, 6) is -0.421. The van der Waals surface area contributed by atoms with E-state index in [0.717, 1.165) is 128 Å². The molecule has 68 heavy (non-hydrogen) atoms. The molecule has 1 heterocycles. The van der Waals surface area contributed by atoms with Crippen molar-refractivity contribution in [3.05, 3.63) is 97.2 Å². The summed E-state index contributed by atoms with van der Waals surface area (Å²) in [6.07, 6.45) is 52.8. The lowest BCUT2D eigenvalue weighted by atomic mass is 9.99. The fourth-order valence-corrected chi connectivity index (χ4v) is 7.80. The van der Waals surface area contributed by atoms with E-state index < -0.39 is 59.8 Å². The normalized spacial score (nSPS) is 20.1. The number of unbranched alkanes of at least 4 members (excludes halogenated alkanes) is 15. The van der Waals surface area contributed by atoms with Crippen LogP contribution in [0, 0.1) is 0 Å². The smallest absolute Gasteiger partial charge is 0.397 e. The topological polar surface area (TPSA) is 178 Å². The molecule has 0 aromatic carbocycles. The molecular weight excluding hydrogens is 885 g/mol. The number of rotatable bonds is 44. The van der Waals surface area contributed by atoms with E-state index in [1.165, 1.54) is 25.7 Å². The van der Waals surface area contributed by atoms with Crippen molar-refractivity contribution >= 4 is 16.4 Å². The predicted octanol–water partition coefficient (Wildman–Crippen LogP) is 12.2. The average Bonchev–Trinajstić information content (AvgIpc) is 3.31. The molecule has 1 aliphatic heterocycles. The van der Waals surface area contributed by atoms with Gasteiger partial charge < -0.3 is 34.3 Å². The Hall–Kier alpha value is -2.98. The molecule has 1 saturated heterocycles. The summed E-state index contributed by atoms with van der Waals surface area (Å²) >= 11 is 0. The van der Waals surface area contributed by atoms with Crippen molar-refractivity contribution in [3.63, 3.8) is 0 Å². The molecule has 13 heteroatoms. The minimum Gasteiger partial charge on any atom is -0.457 e. The molecule has 390 valence electrons. The molecule has 0 aromatic heterocycles. The van der Waals surface area contributed by atoms with Gasteiger partial charge in [0, 0.05) is 13.0 Å². The highest BCUT2D eigenvalue weighted by Gasteiger charge is 2.48. The lowest BCUT2D eigenvalue weighted by Gasteiger charge is -2.41. The second-order valence-electron chi connectivity index (χ2n) is 17.4. The van der Waals surface area contributed by atoms with E-state index in [1.54, 1.807) is 0 Å². The van der Waals surface area contributed by atoms with Crippen LogP contribution in [-0.4, -0.2) is 97.5 Å². The Labute approximate surface area is 412 Å². The number of carbonyl (C=O) groups is 1. The Morgan fingerprint density at radius 2 is 1.01 bits per heavy atom. The molecule has 0 aliphatic carbocycles. The average molecular weight is 977 g/mol. The van der Waals surface area contributed by atoms with Gasteiger partial charge in [-0.15, -0.1) is 0 Å². The van der Waals surface area contributed by atoms with Crippen LogP contribution in [0.5, 0.6) is 0 Å². The van der Waals surface area contributed by atoms with Crippen molar-refractivity contribution in [1.82, 2.24) is 0 Å². The van der Waals surface area contributed by atoms with Crippen molar-refractivity contribution in [2.24, 2.45) is 0 Å². The third-order valence-electron chi connectivity index (χ3n) is 11.2. The third-order valence-corrected chi connectivity index (χ3v) is 11.7. The number of aliphatic hydroxyl groups is 3. The zero-order chi connectivity index (χ0) is 49.6. The molecule has 1 rings (SSSR count). The molecule has 0 bridgehead atoms. The number of hydrogen-bond acceptors (Lipinski definition) is 11. The van der Waals surface area contributed by atoms with Gasteiger partial charge >= 0.3 is 16.4 Å². The highest BCUT2D eigenvalue weighted by atomic mass is 32.3. The van der Waals surface area contributed by atoms with Crippen molar-refractivity contribution in [3.8, 4) is 0 Å². The highest BCUT2D eigenvalue weighted by molar-refractivity contribution is 7.80. The maximum absolute atomic E-state index is 12.9. The van der Waals surface area contributed by atoms with E-state index >= 15 is 0 Å². The molecule has 6 unspecified atom stereocenters. The van der Waals surface area contributed by atoms with Gasteiger partial charge in [0.1, 0.15) is 30.5 Å². The first-order valence-electron chi connectivity index (χ1n) is 26.0. The molecule has 4 N–H and O–H groups in total. The summed E-state index contributed by atoms with van der Waals surface area (Å²) in [5.41, 5.74) is 0. The van der Waals surface area contributed by atoms with Crippen LogP contribution >= 0.6 is 0 Å². The van der Waals surface area contributed by atoms with E-state index in [0.29, 0.717) is 13.0 Å². The number of aliphatic hydroxyl groups excluding tert-OH is 3. The fraction of sp³-hybridized carbons (Fsp3) is 0.691. The van der Waals surface area contributed by atoms with Crippen molar-refractivity contribution < 1.29 is 56.2 Å². The Morgan fingerprint density at radius 3 is 1.49 bits per heavy atom. The van der Waals surface area contributed by atoms with Gasteiger partial charge in [-0.1, -0.05) is 175 Å². The van der Waals surface area contributed by atoms with Crippen LogP contribution < -0.4 is 0 Å². The molecule has 1 fully saturated rings. The molecule has 1 aliphatic rings. The first-order chi connectivity index (χ1) is 33.1. The van der Waals surface area contributed by atoms with Gasteiger partial charge in [-0.05, 0) is 96.3 Å². The van der Waals surface area contributed by atoms with E-state index in [9.17, 15) is 33.1 Å². The Morgan fingerprint density at radius 1 is 0.574 bits per heavy atom. The second kappa shape index (κ2) is 45.2. The van der Waals surface area contributed by atoms with Crippen molar-refractivity contribution in [2.75, 3.05) is 26.4 Å². The van der Waals surface area contributed by atoms with Crippen LogP contribution in [0.15, 0.2) is 97.2 Å². The number of ether oxygens (including phenoxy) is 4. The van der Waals surface area contributed by atoms with Crippen molar-refractivity contribution in [2.45, 2.75) is 218 Å². The summed E-state index contributed by atoms with van der Waals surface area (Å²) in [5, 5.41) is 30.8. The van der Waals surface area contributed by atoms with Crippen LogP contribution in [0.3, 0.4) is 0 Å². The molecule has 0 spiro atoms. The minimum atomic E-state index is -5.08. The molecule has 0 amide bonds. The Kier molecular flexibility index (Phi) is 41.9. The van der Waals surface area contributed by atoms with E-state index in [4.69, 9.17) is 18.9 Å². The van der Waals surface area contributed by atoms with E-state index in [-0.39, 0.29) is 19.6 Å². The van der Waals surface area contributed by atoms with Gasteiger partial charge in [-0.3, -0.25) is 9.35 Å². The maximum Gasteiger partial charge on any atom is 0.397 e. The number of esters is 1. The molecule has 0 saturated carbocycles. The van der Waals surface area contributed by atoms with Gasteiger partial charge in [0.05, 0.1) is 19.8 Å². The van der Waals surface area contributed by atoms with Crippen LogP contribution in [0.2, 0.25) is 0 Å². The monoisotopic (exact) mass is 977 g/mol. The first-order valence-corrected chi connectivity index (χ1v) is 27.4. The highest BCUT2D eigenvalue weighted by Crippen LogP contribution is 2.26. The predicted molar refractivity (Wildman–Crippen MR) is 275 cm³/mol. The summed E-state index contributed by atoms with van der Waals surface area (Å²) < 4.78 is 59.3. The Bertz CT molecular complexity index is 1550. The van der Waals surface area contributed by atoms with Crippen LogP contribution in [-0.2, 0) is 38.3 Å². The number of allylic oxidation sites excluding steroid dienone is 16. The molecular formula is C55H92O12S. The van der Waals surface area contributed by atoms with E-state index in [2.05, 4.69) is 115 Å². The molecule has 0 aromatic rings. The van der Waals surface area contributed by atoms with Crippen LogP contribution in [0.4, 0.5) is 0 Å². The Balaban J connectivity index is 2.39. The third kappa shape index (κ3) is 37.9. The fourth-order valence-electron chi connectivity index (χ4n) is 7.29. The van der Waals surface area contributed by atoms with Crippen molar-refractivity contribution in [1.29, 1.82) is 0 Å². The maximum atomic E-state index is 12.9. The quantitative estimate of drug-likeness (QED) is 0.0197. The molecule has 6 atom stereocenters. The summed E-state index contributed by atoms with van der Waals surface area (Å²) in [6, 6.07) is 0. The zero-order valence-corrected chi connectivity index (χ0v) is 42.7. The van der Waals surface area contributed by atoms with E-state index in [1.807, 2.05) is 0 Å². The summed E-state index contributed by atoms with van der Waals surface area (Å²) in [4.78, 5) is 12.9. The summed E-state index contributed by atoms with van der Waals surface area (Å²) in [6.45, 7) is 3.79. The van der Waals surface area contributed by atoms with Gasteiger partial charge in [-0.2, -0.15) is 8.42 Å². The molecule has 12 nitrogen and oxygen atoms in total. The van der Waals surface area contributed by atoms with Crippen LogP contribution in [0.25, 0.3) is 0 Å². The van der Waals surface area contributed by atoms with Gasteiger partial charge in [0.25, 0.3) is 0 Å². The van der Waals surface area contributed by atoms with Gasteiger partial charge in [0.15, 0.2) is 6.29 Å². The van der Waals surface area contributed by atoms with Gasteiger partial charge in [-0.25, -0.2) is 4.18 Å². The SMILES string of the molecule is CC/C=C\C/C=C\C/C=C\C/C=C\C/C=C\CCCCCCCCOCC(COC1OC(CO)C(O)C(OS(=O)(=O)O)C1O)OC(=O)CCCCCCCC/C=C\C/C=C\C/C=C\CCCCC. The number of hydrogen-bond donors (Lipinski definition) is 4. The number of carbonyl (C=O) groups excluding carboxylic acids is 1. The second-order valence-corrected chi connectivity index (χ2v) is 18.4. The standard InChI is InChI=1S/C55H92O12S/c1-3-5-7-9-11-13-15-17-19-21-23-24-25-27-29-31-33-35-37-39-41-43-45-63-47-49(48-64-55-53(59)54(67-68(60,61)62)52(58)50(46-56)66-55)65-51(57)44-42-40-38-36-34-32-30-28-26-22-20-18-16-14-12-10-8-6-4-2/h5,7,11-14,17-20,23-24,26-29,49-50,52-56,58-59H,3-4,6,8-10,15-16,21-22,25,30-48H2,1-2H3,(H,60,61,62)/b7-5-,13-11-,14-12-,19-17-,20-18-,24-23-,28-26-,29-27-. The largest absolute Gasteiger partial charge is 0.457 e. The first kappa shape index (κ1) is 63.0. The molecule has 0 radical (unpaired) electrons. The minimum absolute atomic E-state index is 0.0140. The van der Waals surface area contributed by atoms with Gasteiger partial charge in [0.2, 0.25) is 0 Å². The lowest BCUT2D eigenvalue weighted by Crippen LogP contribution is -2.60. The summed E-state index contributed by atoms with van der Waals surface area (Å²) in [7, 11) is -5.08. The lowest BCUT2D eigenvalue weighted by molar-refractivity contribution is -0.301.